The number of benzene rings is 1. The van der Waals surface area contributed by atoms with Gasteiger partial charge in [0.25, 0.3) is 11.8 Å². The number of nitriles is 1. The second kappa shape index (κ2) is 9.51. The molecule has 2 aromatic heterocycles. The van der Waals surface area contributed by atoms with Crippen molar-refractivity contribution in [2.45, 2.75) is 32.7 Å². The van der Waals surface area contributed by atoms with E-state index in [9.17, 15) is 18.8 Å². The molecule has 1 atom stereocenters. The van der Waals surface area contributed by atoms with E-state index in [1.807, 2.05) is 13.0 Å². The Morgan fingerprint density at radius 3 is 2.56 bits per heavy atom. The first-order chi connectivity index (χ1) is 15.2. The molecule has 32 heavy (non-hydrogen) atoms. The van der Waals surface area contributed by atoms with Crippen LogP contribution in [0.25, 0.3) is 5.69 Å². The molecule has 0 fully saturated rings. The molecule has 2 heterocycles. The number of amides is 1. The Kier molecular flexibility index (Phi) is 6.78. The third kappa shape index (κ3) is 5.06. The van der Waals surface area contributed by atoms with E-state index in [1.165, 1.54) is 35.4 Å². The van der Waals surface area contributed by atoms with Crippen LogP contribution in [-0.4, -0.2) is 50.0 Å². The Morgan fingerprint density at radius 1 is 1.28 bits per heavy atom. The van der Waals surface area contributed by atoms with Crippen LogP contribution < -0.4 is 4.74 Å². The number of carbonyl (C=O) groups is 1. The second-order valence-corrected chi connectivity index (χ2v) is 7.19. The van der Waals surface area contributed by atoms with Crippen molar-refractivity contribution in [2.24, 2.45) is 0 Å². The van der Waals surface area contributed by atoms with Crippen molar-refractivity contribution in [1.29, 1.82) is 5.26 Å². The maximum absolute atomic E-state index is 13.4. The van der Waals surface area contributed by atoms with Gasteiger partial charge in [-0.2, -0.15) is 20.3 Å². The van der Waals surface area contributed by atoms with Crippen LogP contribution >= 0.6 is 0 Å². The van der Waals surface area contributed by atoms with Gasteiger partial charge in [0.2, 0.25) is 5.88 Å². The Bertz CT molecular complexity index is 1100. The van der Waals surface area contributed by atoms with Crippen molar-refractivity contribution in [3.05, 3.63) is 65.6 Å². The van der Waals surface area contributed by atoms with E-state index in [0.717, 1.165) is 13.1 Å². The monoisotopic (exact) mass is 440 g/mol. The second-order valence-electron chi connectivity index (χ2n) is 7.19. The molecule has 3 aromatic rings. The minimum absolute atomic E-state index is 0.0989. The number of carbonyl (C=O) groups excluding carboxylic acids is 1. The molecule has 0 saturated heterocycles. The molecule has 8 nitrogen and oxygen atoms in total. The summed E-state index contributed by atoms with van der Waals surface area (Å²) in [7, 11) is 0. The van der Waals surface area contributed by atoms with E-state index in [4.69, 9.17) is 4.74 Å². The molecular formula is C22H22F2N6O2. The Hall–Kier alpha value is -3.87. The Labute approximate surface area is 184 Å². The molecule has 0 N–H and O–H groups in total. The van der Waals surface area contributed by atoms with Crippen molar-refractivity contribution in [1.82, 2.24) is 24.9 Å². The molecule has 0 unspecified atom stereocenters. The summed E-state index contributed by atoms with van der Waals surface area (Å²) in [6.07, 6.45) is 4.06. The fourth-order valence-corrected chi connectivity index (χ4v) is 3.12. The Morgan fingerprint density at radius 2 is 2.00 bits per heavy atom. The SMILES string of the molecule is CCN(C(=O)c1cc(C#N)ccc1-n1nccn1)[C@@H](C)COc1ccc(C(C)(F)F)cn1. The maximum atomic E-state index is 13.4. The van der Waals surface area contributed by atoms with Gasteiger partial charge in [-0.3, -0.25) is 4.79 Å². The van der Waals surface area contributed by atoms with Gasteiger partial charge in [0.15, 0.2) is 0 Å². The van der Waals surface area contributed by atoms with E-state index in [-0.39, 0.29) is 35.6 Å². The summed E-state index contributed by atoms with van der Waals surface area (Å²) in [5.74, 6) is -3.12. The largest absolute Gasteiger partial charge is 0.475 e. The van der Waals surface area contributed by atoms with Gasteiger partial charge < -0.3 is 9.64 Å². The van der Waals surface area contributed by atoms with Gasteiger partial charge in [-0.05, 0) is 38.1 Å². The minimum atomic E-state index is -2.98. The van der Waals surface area contributed by atoms with Crippen molar-refractivity contribution < 1.29 is 18.3 Å². The average Bonchev–Trinajstić information content (AvgIpc) is 3.32. The van der Waals surface area contributed by atoms with Crippen molar-refractivity contribution >= 4 is 5.91 Å². The molecule has 0 aliphatic heterocycles. The van der Waals surface area contributed by atoms with Gasteiger partial charge in [0.05, 0.1) is 41.3 Å². The lowest BCUT2D eigenvalue weighted by Crippen LogP contribution is -2.42. The highest BCUT2D eigenvalue weighted by molar-refractivity contribution is 5.98. The van der Waals surface area contributed by atoms with Gasteiger partial charge in [-0.25, -0.2) is 13.8 Å². The molecule has 3 rings (SSSR count). The van der Waals surface area contributed by atoms with Crippen LogP contribution in [0.5, 0.6) is 5.88 Å². The standard InChI is InChI=1S/C22H22F2N6O2/c1-4-29(15(2)14-32-20-8-6-17(13-26-20)22(3,23)24)21(31)18-11-16(12-25)5-7-19(18)30-27-9-10-28-30/h5-11,13,15H,4,14H2,1-3H3/t15-/m0/s1. The maximum Gasteiger partial charge on any atom is 0.272 e. The van der Waals surface area contributed by atoms with Crippen LogP contribution in [0.1, 0.15) is 42.3 Å². The van der Waals surface area contributed by atoms with Crippen LogP contribution in [0, 0.1) is 11.3 Å². The lowest BCUT2D eigenvalue weighted by Gasteiger charge is -2.28. The lowest BCUT2D eigenvalue weighted by molar-refractivity contribution is 0.0169. The molecule has 166 valence electrons. The van der Waals surface area contributed by atoms with E-state index in [1.54, 1.807) is 24.0 Å². The zero-order valence-electron chi connectivity index (χ0n) is 17.9. The number of alkyl halides is 2. The fourth-order valence-electron chi connectivity index (χ4n) is 3.12. The number of likely N-dealkylation sites (N-methyl/N-ethyl adjacent to an activating group) is 1. The first kappa shape index (κ1) is 22.8. The number of rotatable bonds is 8. The summed E-state index contributed by atoms with van der Waals surface area (Å²) in [5.41, 5.74) is 0.853. The number of pyridine rings is 1. The minimum Gasteiger partial charge on any atom is -0.475 e. The summed E-state index contributed by atoms with van der Waals surface area (Å²) in [6.45, 7) is 4.90. The van der Waals surface area contributed by atoms with Gasteiger partial charge in [-0.15, -0.1) is 0 Å². The predicted molar refractivity (Wildman–Crippen MR) is 112 cm³/mol. The van der Waals surface area contributed by atoms with Crippen molar-refractivity contribution in [3.63, 3.8) is 0 Å². The number of nitrogens with zero attached hydrogens (tertiary/aromatic N) is 6. The molecule has 1 aromatic carbocycles. The van der Waals surface area contributed by atoms with Crippen molar-refractivity contribution in [3.8, 4) is 17.6 Å². The molecule has 0 saturated carbocycles. The highest BCUT2D eigenvalue weighted by atomic mass is 19.3. The van der Waals surface area contributed by atoms with Crippen LogP contribution in [0.4, 0.5) is 8.78 Å². The Balaban J connectivity index is 1.78. The quantitative estimate of drug-likeness (QED) is 0.531. The third-order valence-corrected chi connectivity index (χ3v) is 4.84. The van der Waals surface area contributed by atoms with E-state index in [0.29, 0.717) is 17.8 Å². The summed E-state index contributed by atoms with van der Waals surface area (Å²) in [5, 5.41) is 17.4. The molecule has 1 amide bonds. The molecule has 0 aliphatic rings. The van der Waals surface area contributed by atoms with E-state index >= 15 is 0 Å². The van der Waals surface area contributed by atoms with E-state index in [2.05, 4.69) is 15.2 Å². The number of halogens is 2. The highest BCUT2D eigenvalue weighted by Crippen LogP contribution is 2.27. The third-order valence-electron chi connectivity index (χ3n) is 4.84. The lowest BCUT2D eigenvalue weighted by atomic mass is 10.1. The number of aromatic nitrogens is 4. The molecule has 0 aliphatic carbocycles. The smallest absolute Gasteiger partial charge is 0.272 e. The topological polar surface area (TPSA) is 96.9 Å². The molecule has 0 radical (unpaired) electrons. The zero-order valence-corrected chi connectivity index (χ0v) is 17.9. The zero-order chi connectivity index (χ0) is 23.3. The fraction of sp³-hybridized carbons (Fsp3) is 0.318. The summed E-state index contributed by atoms with van der Waals surface area (Å²) >= 11 is 0. The number of hydrogen-bond acceptors (Lipinski definition) is 6. The summed E-state index contributed by atoms with van der Waals surface area (Å²) < 4.78 is 32.3. The van der Waals surface area contributed by atoms with Crippen LogP contribution in [-0.2, 0) is 5.92 Å². The first-order valence-electron chi connectivity index (χ1n) is 9.93. The number of hydrogen-bond donors (Lipinski definition) is 0. The van der Waals surface area contributed by atoms with Gasteiger partial charge in [-0.1, -0.05) is 0 Å². The van der Waals surface area contributed by atoms with Crippen LogP contribution in [0.15, 0.2) is 48.9 Å². The van der Waals surface area contributed by atoms with E-state index < -0.39 is 5.92 Å². The van der Waals surface area contributed by atoms with Crippen LogP contribution in [0.2, 0.25) is 0 Å². The molecular weight excluding hydrogens is 418 g/mol. The summed E-state index contributed by atoms with van der Waals surface area (Å²) in [6, 6.07) is 9.01. The normalized spacial score (nSPS) is 12.1. The number of ether oxygens (including phenoxy) is 1. The van der Waals surface area contributed by atoms with Gasteiger partial charge in [0, 0.05) is 31.3 Å². The molecule has 0 spiro atoms. The van der Waals surface area contributed by atoms with Gasteiger partial charge in [0.1, 0.15) is 6.61 Å². The van der Waals surface area contributed by atoms with Gasteiger partial charge >= 0.3 is 0 Å². The first-order valence-corrected chi connectivity index (χ1v) is 9.93. The average molecular weight is 440 g/mol. The van der Waals surface area contributed by atoms with Crippen LogP contribution in [0.3, 0.4) is 0 Å². The summed E-state index contributed by atoms with van der Waals surface area (Å²) in [4.78, 5) is 20.2. The predicted octanol–water partition coefficient (Wildman–Crippen LogP) is 3.58. The highest BCUT2D eigenvalue weighted by Gasteiger charge is 2.26. The van der Waals surface area contributed by atoms with Crippen molar-refractivity contribution in [2.75, 3.05) is 13.2 Å². The molecule has 10 heteroatoms. The molecule has 0 bridgehead atoms.